The number of rotatable bonds is 4. The number of hydrogen-bond donors (Lipinski definition) is 0. The number of hydrogen-bond acceptors (Lipinski definition) is 5. The summed E-state index contributed by atoms with van der Waals surface area (Å²) in [6.45, 7) is 13.4. The summed E-state index contributed by atoms with van der Waals surface area (Å²) in [5, 5.41) is 0.0909. The third-order valence-corrected chi connectivity index (χ3v) is 12.6. The largest absolute Gasteiger partial charge is 0.547 e. The second-order valence-corrected chi connectivity index (χ2v) is 15.5. The Kier molecular flexibility index (Phi) is 5.23. The summed E-state index contributed by atoms with van der Waals surface area (Å²) >= 11 is 0. The van der Waals surface area contributed by atoms with Gasteiger partial charge in [0.1, 0.15) is 5.76 Å². The molecule has 3 aliphatic carbocycles. The molecule has 0 aromatic carbocycles. The highest BCUT2D eigenvalue weighted by Crippen LogP contribution is 2.62. The van der Waals surface area contributed by atoms with E-state index in [4.69, 9.17) is 13.9 Å². The molecule has 1 aliphatic heterocycles. The van der Waals surface area contributed by atoms with Crippen LogP contribution in [0.4, 0.5) is 0 Å². The molecule has 4 aliphatic rings. The quantitative estimate of drug-likeness (QED) is 0.327. The average Bonchev–Trinajstić information content (AvgIpc) is 3.30. The van der Waals surface area contributed by atoms with Gasteiger partial charge in [0.05, 0.1) is 12.4 Å². The highest BCUT2D eigenvalue weighted by molar-refractivity contribution is 6.74. The zero-order chi connectivity index (χ0) is 21.9. The Morgan fingerprint density at radius 1 is 1.13 bits per heavy atom. The lowest BCUT2D eigenvalue weighted by Crippen LogP contribution is -2.57. The van der Waals surface area contributed by atoms with Crippen molar-refractivity contribution in [1.29, 1.82) is 0 Å². The monoisotopic (exact) mass is 432 g/mol. The van der Waals surface area contributed by atoms with Crippen LogP contribution in [0.15, 0.2) is 22.7 Å². The van der Waals surface area contributed by atoms with Crippen molar-refractivity contribution >= 4 is 20.3 Å². The molecule has 0 amide bonds. The van der Waals surface area contributed by atoms with Crippen LogP contribution in [0.3, 0.4) is 0 Å². The van der Waals surface area contributed by atoms with E-state index in [9.17, 15) is 9.59 Å². The Balaban J connectivity index is 1.85. The molecule has 166 valence electrons. The molecule has 1 fully saturated rings. The summed E-state index contributed by atoms with van der Waals surface area (Å²) < 4.78 is 18.2. The maximum atomic E-state index is 13.5. The summed E-state index contributed by atoms with van der Waals surface area (Å²) in [6, 6.07) is 0. The molecule has 0 spiro atoms. The summed E-state index contributed by atoms with van der Waals surface area (Å²) in [5.74, 6) is 0.719. The van der Waals surface area contributed by atoms with Crippen molar-refractivity contribution in [3.05, 3.63) is 22.7 Å². The van der Waals surface area contributed by atoms with Crippen LogP contribution in [0.1, 0.15) is 72.6 Å². The summed E-state index contributed by atoms with van der Waals surface area (Å²) in [7, 11) is -2.03. The fraction of sp³-hybridized carbons (Fsp3) is 0.750. The molecule has 30 heavy (non-hydrogen) atoms. The third kappa shape index (κ3) is 3.01. The standard InChI is InChI=1S/C24H36O5Si/c1-7-27-21(25)24-17-12-8-10-15(17)20(29-30(5,6)23(2,3)4)14-18(24)16-11-9-13-19(16)28-22(24)26/h17-18H,7-14H2,1-6H3. The van der Waals surface area contributed by atoms with Gasteiger partial charge in [0.2, 0.25) is 8.32 Å². The second kappa shape index (κ2) is 7.25. The van der Waals surface area contributed by atoms with E-state index in [-0.39, 0.29) is 29.5 Å². The topological polar surface area (TPSA) is 61.8 Å². The maximum absolute atomic E-state index is 13.5. The van der Waals surface area contributed by atoms with Crippen LogP contribution in [0, 0.1) is 17.3 Å². The molecule has 0 aromatic rings. The van der Waals surface area contributed by atoms with Gasteiger partial charge in [-0.15, -0.1) is 0 Å². The van der Waals surface area contributed by atoms with Gasteiger partial charge in [-0.3, -0.25) is 9.59 Å². The van der Waals surface area contributed by atoms with Gasteiger partial charge in [0.25, 0.3) is 0 Å². The Labute approximate surface area is 181 Å². The molecule has 0 radical (unpaired) electrons. The molecule has 3 atom stereocenters. The molecule has 0 saturated heterocycles. The van der Waals surface area contributed by atoms with E-state index in [1.165, 1.54) is 5.57 Å². The minimum atomic E-state index is -2.03. The van der Waals surface area contributed by atoms with Gasteiger partial charge in [-0.2, -0.15) is 0 Å². The van der Waals surface area contributed by atoms with Crippen LogP contribution >= 0.6 is 0 Å². The first-order valence-electron chi connectivity index (χ1n) is 11.6. The van der Waals surface area contributed by atoms with Crippen molar-refractivity contribution in [2.75, 3.05) is 6.61 Å². The maximum Gasteiger partial charge on any atom is 0.329 e. The normalized spacial score (nSPS) is 31.2. The zero-order valence-electron chi connectivity index (χ0n) is 19.4. The van der Waals surface area contributed by atoms with E-state index in [0.717, 1.165) is 55.6 Å². The fourth-order valence-electron chi connectivity index (χ4n) is 5.69. The van der Waals surface area contributed by atoms with Crippen LogP contribution < -0.4 is 0 Å². The van der Waals surface area contributed by atoms with Crippen molar-refractivity contribution in [1.82, 2.24) is 0 Å². The number of carbonyl (C=O) groups is 2. The number of fused-ring (bicyclic) bond motifs is 4. The van der Waals surface area contributed by atoms with Gasteiger partial charge in [0.15, 0.2) is 5.41 Å². The van der Waals surface area contributed by atoms with Crippen molar-refractivity contribution in [3.8, 4) is 0 Å². The predicted octanol–water partition coefficient (Wildman–Crippen LogP) is 5.63. The summed E-state index contributed by atoms with van der Waals surface area (Å²) in [5.41, 5.74) is 1.10. The molecule has 1 saturated carbocycles. The average molecular weight is 433 g/mol. The Bertz CT molecular complexity index is 831. The molecular formula is C24H36O5Si. The van der Waals surface area contributed by atoms with E-state index in [0.29, 0.717) is 6.42 Å². The highest BCUT2D eigenvalue weighted by Gasteiger charge is 2.67. The molecule has 0 bridgehead atoms. The second-order valence-electron chi connectivity index (χ2n) is 10.8. The third-order valence-electron chi connectivity index (χ3n) is 8.19. The minimum absolute atomic E-state index is 0.0909. The molecule has 0 N–H and O–H groups in total. The van der Waals surface area contributed by atoms with Crippen LogP contribution in [0.25, 0.3) is 0 Å². The molecular weight excluding hydrogens is 396 g/mol. The van der Waals surface area contributed by atoms with E-state index in [1.54, 1.807) is 6.92 Å². The number of esters is 2. The van der Waals surface area contributed by atoms with Gasteiger partial charge < -0.3 is 13.9 Å². The van der Waals surface area contributed by atoms with Crippen LogP contribution in [-0.2, 0) is 23.5 Å². The Morgan fingerprint density at radius 3 is 2.50 bits per heavy atom. The van der Waals surface area contributed by atoms with E-state index in [2.05, 4.69) is 33.9 Å². The molecule has 5 nitrogen and oxygen atoms in total. The number of ether oxygens (including phenoxy) is 2. The van der Waals surface area contributed by atoms with Crippen molar-refractivity contribution in [2.24, 2.45) is 17.3 Å². The van der Waals surface area contributed by atoms with Crippen LogP contribution in [-0.4, -0.2) is 26.9 Å². The first kappa shape index (κ1) is 21.7. The minimum Gasteiger partial charge on any atom is -0.547 e. The SMILES string of the molecule is CCOC(=O)C12C(=O)OC3=C(CCC3)C1CC(O[Si](C)(C)C(C)(C)C)=C1CCCC12. The number of allylic oxidation sites excluding steroid dienone is 4. The van der Waals surface area contributed by atoms with Gasteiger partial charge in [0, 0.05) is 24.7 Å². The Hall–Kier alpha value is -1.56. The Morgan fingerprint density at radius 2 is 1.83 bits per heavy atom. The first-order valence-corrected chi connectivity index (χ1v) is 14.5. The van der Waals surface area contributed by atoms with Gasteiger partial charge in [-0.25, -0.2) is 0 Å². The summed E-state index contributed by atoms with van der Waals surface area (Å²) in [4.78, 5) is 26.9. The van der Waals surface area contributed by atoms with Crippen LogP contribution in [0.2, 0.25) is 18.1 Å². The molecule has 1 heterocycles. The lowest BCUT2D eigenvalue weighted by molar-refractivity contribution is -0.181. The van der Waals surface area contributed by atoms with Gasteiger partial charge in [-0.1, -0.05) is 20.8 Å². The lowest BCUT2D eigenvalue weighted by atomic mass is 9.57. The van der Waals surface area contributed by atoms with Gasteiger partial charge in [-0.05, 0) is 68.3 Å². The van der Waals surface area contributed by atoms with E-state index >= 15 is 0 Å². The lowest BCUT2D eigenvalue weighted by Gasteiger charge is -2.49. The smallest absolute Gasteiger partial charge is 0.329 e. The molecule has 6 heteroatoms. The fourth-order valence-corrected chi connectivity index (χ4v) is 6.83. The van der Waals surface area contributed by atoms with Crippen molar-refractivity contribution in [2.45, 2.75) is 90.8 Å². The summed E-state index contributed by atoms with van der Waals surface area (Å²) in [6.07, 6.45) is 5.95. The molecule has 0 aromatic heterocycles. The van der Waals surface area contributed by atoms with E-state index < -0.39 is 19.7 Å². The van der Waals surface area contributed by atoms with Crippen molar-refractivity contribution < 1.29 is 23.5 Å². The van der Waals surface area contributed by atoms with Crippen LogP contribution in [0.5, 0.6) is 0 Å². The molecule has 4 rings (SSSR count). The van der Waals surface area contributed by atoms with E-state index in [1.807, 2.05) is 0 Å². The highest BCUT2D eigenvalue weighted by atomic mass is 28.4. The number of carbonyl (C=O) groups excluding carboxylic acids is 2. The van der Waals surface area contributed by atoms with Gasteiger partial charge >= 0.3 is 11.9 Å². The van der Waals surface area contributed by atoms with Crippen molar-refractivity contribution in [3.63, 3.8) is 0 Å². The zero-order valence-corrected chi connectivity index (χ0v) is 20.4. The first-order chi connectivity index (χ1) is 14.0. The predicted molar refractivity (Wildman–Crippen MR) is 117 cm³/mol. The molecule has 3 unspecified atom stereocenters.